The third-order valence-electron chi connectivity index (χ3n) is 5.69. The van der Waals surface area contributed by atoms with Crippen LogP contribution in [-0.4, -0.2) is 46.4 Å². The number of fused-ring (bicyclic) bond motifs is 1. The Labute approximate surface area is 187 Å². The van der Waals surface area contributed by atoms with Gasteiger partial charge in [-0.15, -0.1) is 6.58 Å². The van der Waals surface area contributed by atoms with Crippen LogP contribution in [-0.2, 0) is 0 Å². The van der Waals surface area contributed by atoms with Gasteiger partial charge in [0.05, 0.1) is 19.8 Å². The number of methoxy groups -OCH3 is 1. The van der Waals surface area contributed by atoms with Gasteiger partial charge in [-0.1, -0.05) is 18.2 Å². The first-order valence-electron chi connectivity index (χ1n) is 10.5. The molecule has 0 aliphatic carbocycles. The van der Waals surface area contributed by atoms with Crippen molar-refractivity contribution in [3.05, 3.63) is 70.9 Å². The van der Waals surface area contributed by atoms with E-state index in [1.807, 2.05) is 51.1 Å². The Bertz CT molecular complexity index is 1200. The third-order valence-corrected chi connectivity index (χ3v) is 5.69. The Kier molecular flexibility index (Phi) is 5.65. The number of phenols is 1. The lowest BCUT2D eigenvalue weighted by Gasteiger charge is -2.26. The minimum absolute atomic E-state index is 0.155. The maximum atomic E-state index is 13.2. The SMILES string of the molecule is C=CCN1C(=O)c2[nH]nc(-c3cc(C)cc(C)c3O)c2C1c1ccc(OCC)c(OC)c1. The van der Waals surface area contributed by atoms with Crippen LogP contribution in [0.5, 0.6) is 17.2 Å². The number of hydrogen-bond acceptors (Lipinski definition) is 5. The number of amides is 1. The molecule has 0 radical (unpaired) electrons. The molecule has 2 aromatic carbocycles. The molecule has 0 saturated heterocycles. The summed E-state index contributed by atoms with van der Waals surface area (Å²) in [6, 6.07) is 9.03. The molecule has 7 nitrogen and oxygen atoms in total. The van der Waals surface area contributed by atoms with Crippen molar-refractivity contribution in [1.82, 2.24) is 15.1 Å². The van der Waals surface area contributed by atoms with Crippen LogP contribution < -0.4 is 9.47 Å². The summed E-state index contributed by atoms with van der Waals surface area (Å²) in [6.07, 6.45) is 1.70. The van der Waals surface area contributed by atoms with Gasteiger partial charge in [0, 0.05) is 17.7 Å². The molecule has 1 amide bonds. The summed E-state index contributed by atoms with van der Waals surface area (Å²) in [5.74, 6) is 1.21. The zero-order valence-electron chi connectivity index (χ0n) is 18.7. The highest BCUT2D eigenvalue weighted by atomic mass is 16.5. The lowest BCUT2D eigenvalue weighted by molar-refractivity contribution is 0.0764. The van der Waals surface area contributed by atoms with Crippen molar-refractivity contribution in [3.63, 3.8) is 0 Å². The summed E-state index contributed by atoms with van der Waals surface area (Å²) in [4.78, 5) is 15.0. The van der Waals surface area contributed by atoms with Gasteiger partial charge in [-0.3, -0.25) is 9.89 Å². The Morgan fingerprint density at radius 3 is 2.72 bits per heavy atom. The fourth-order valence-electron chi connectivity index (χ4n) is 4.35. The van der Waals surface area contributed by atoms with Crippen molar-refractivity contribution in [2.45, 2.75) is 26.8 Å². The van der Waals surface area contributed by atoms with Crippen molar-refractivity contribution in [1.29, 1.82) is 0 Å². The number of hydrogen-bond donors (Lipinski definition) is 2. The van der Waals surface area contributed by atoms with Crippen LogP contribution in [0.15, 0.2) is 43.0 Å². The second-order valence-corrected chi connectivity index (χ2v) is 7.83. The maximum absolute atomic E-state index is 13.2. The van der Waals surface area contributed by atoms with Crippen LogP contribution in [0.2, 0.25) is 0 Å². The molecule has 2 heterocycles. The largest absolute Gasteiger partial charge is 0.507 e. The highest BCUT2D eigenvalue weighted by Gasteiger charge is 2.42. The number of nitrogens with zero attached hydrogens (tertiary/aromatic N) is 2. The number of aromatic amines is 1. The maximum Gasteiger partial charge on any atom is 0.273 e. The molecular formula is C25H27N3O4. The van der Waals surface area contributed by atoms with Gasteiger partial charge in [0.15, 0.2) is 11.5 Å². The molecule has 7 heteroatoms. The number of nitrogens with one attached hydrogen (secondary N) is 1. The number of carbonyl (C=O) groups excluding carboxylic acids is 1. The molecule has 4 rings (SSSR count). The molecule has 0 spiro atoms. The summed E-state index contributed by atoms with van der Waals surface area (Å²) in [6.45, 7) is 10.4. The first-order valence-corrected chi connectivity index (χ1v) is 10.5. The summed E-state index contributed by atoms with van der Waals surface area (Å²) in [7, 11) is 1.59. The number of aromatic nitrogens is 2. The number of ether oxygens (including phenoxy) is 2. The molecule has 1 aliphatic heterocycles. The van der Waals surface area contributed by atoms with Gasteiger partial charge < -0.3 is 19.5 Å². The van der Waals surface area contributed by atoms with E-state index in [4.69, 9.17) is 9.47 Å². The van der Waals surface area contributed by atoms with Gasteiger partial charge in [-0.2, -0.15) is 5.10 Å². The number of carbonyl (C=O) groups is 1. The number of rotatable bonds is 7. The Morgan fingerprint density at radius 1 is 1.25 bits per heavy atom. The summed E-state index contributed by atoms with van der Waals surface area (Å²) in [5.41, 5.74) is 4.90. The molecule has 166 valence electrons. The summed E-state index contributed by atoms with van der Waals surface area (Å²) in [5, 5.41) is 18.1. The van der Waals surface area contributed by atoms with Crippen LogP contribution in [0.4, 0.5) is 0 Å². The number of benzene rings is 2. The van der Waals surface area contributed by atoms with Gasteiger partial charge in [0.1, 0.15) is 17.1 Å². The number of phenolic OH excluding ortho intramolecular Hbond substituents is 1. The van der Waals surface area contributed by atoms with Crippen molar-refractivity contribution in [2.75, 3.05) is 20.3 Å². The first-order chi connectivity index (χ1) is 15.4. The zero-order valence-corrected chi connectivity index (χ0v) is 18.7. The molecule has 3 aromatic rings. The average molecular weight is 434 g/mol. The summed E-state index contributed by atoms with van der Waals surface area (Å²) < 4.78 is 11.2. The molecule has 1 atom stereocenters. The van der Waals surface area contributed by atoms with Crippen LogP contribution in [0, 0.1) is 13.8 Å². The van der Waals surface area contributed by atoms with Crippen LogP contribution >= 0.6 is 0 Å². The quantitative estimate of drug-likeness (QED) is 0.534. The van der Waals surface area contributed by atoms with E-state index in [0.717, 1.165) is 22.3 Å². The van der Waals surface area contributed by atoms with Crippen LogP contribution in [0.1, 0.15) is 45.7 Å². The second-order valence-electron chi connectivity index (χ2n) is 7.83. The number of aromatic hydroxyl groups is 1. The lowest BCUT2D eigenvalue weighted by Crippen LogP contribution is -2.29. The summed E-state index contributed by atoms with van der Waals surface area (Å²) >= 11 is 0. The zero-order chi connectivity index (χ0) is 23.0. The molecule has 32 heavy (non-hydrogen) atoms. The molecule has 1 aliphatic rings. The molecule has 0 bridgehead atoms. The number of aryl methyl sites for hydroxylation is 2. The highest BCUT2D eigenvalue weighted by Crippen LogP contribution is 2.46. The predicted molar refractivity (Wildman–Crippen MR) is 122 cm³/mol. The Hall–Kier alpha value is -3.74. The minimum atomic E-state index is -0.422. The number of H-pyrrole nitrogens is 1. The van der Waals surface area contributed by atoms with E-state index >= 15 is 0 Å². The fraction of sp³-hybridized carbons (Fsp3) is 0.280. The normalized spacial score (nSPS) is 15.1. The van der Waals surface area contributed by atoms with E-state index < -0.39 is 6.04 Å². The Morgan fingerprint density at radius 2 is 2.03 bits per heavy atom. The molecule has 1 aromatic heterocycles. The van der Waals surface area contributed by atoms with Crippen LogP contribution in [0.3, 0.4) is 0 Å². The molecule has 0 fully saturated rings. The smallest absolute Gasteiger partial charge is 0.273 e. The first kappa shape index (κ1) is 21.5. The average Bonchev–Trinajstić information content (AvgIpc) is 3.31. The van der Waals surface area contributed by atoms with E-state index in [9.17, 15) is 9.90 Å². The fourth-order valence-corrected chi connectivity index (χ4v) is 4.35. The van der Waals surface area contributed by atoms with E-state index in [-0.39, 0.29) is 11.7 Å². The molecule has 0 saturated carbocycles. The van der Waals surface area contributed by atoms with Gasteiger partial charge >= 0.3 is 0 Å². The van der Waals surface area contributed by atoms with Gasteiger partial charge in [-0.25, -0.2) is 0 Å². The second kappa shape index (κ2) is 8.42. The predicted octanol–water partition coefficient (Wildman–Crippen LogP) is 4.54. The van der Waals surface area contributed by atoms with Gasteiger partial charge in [-0.05, 0) is 55.7 Å². The standard InChI is InChI=1S/C25H27N3O4/c1-6-10-28-23(16-8-9-18(32-7-2)19(13-16)31-5)20-21(26-27-22(20)25(28)30)17-12-14(3)11-15(4)24(17)29/h6,8-9,11-13,23,29H,1,7,10H2,2-5H3,(H,26,27). The van der Waals surface area contributed by atoms with Crippen molar-refractivity contribution >= 4 is 5.91 Å². The minimum Gasteiger partial charge on any atom is -0.507 e. The molecule has 2 N–H and O–H groups in total. The molecular weight excluding hydrogens is 406 g/mol. The van der Waals surface area contributed by atoms with E-state index in [1.165, 1.54) is 0 Å². The van der Waals surface area contributed by atoms with Crippen molar-refractivity contribution in [3.8, 4) is 28.5 Å². The van der Waals surface area contributed by atoms with Crippen molar-refractivity contribution in [2.24, 2.45) is 0 Å². The third kappa shape index (κ3) is 3.39. The molecule has 1 unspecified atom stereocenters. The van der Waals surface area contributed by atoms with E-state index in [0.29, 0.717) is 41.6 Å². The van der Waals surface area contributed by atoms with Crippen LogP contribution in [0.25, 0.3) is 11.3 Å². The van der Waals surface area contributed by atoms with E-state index in [1.54, 1.807) is 18.1 Å². The topological polar surface area (TPSA) is 87.7 Å². The van der Waals surface area contributed by atoms with Crippen molar-refractivity contribution < 1.29 is 19.4 Å². The highest BCUT2D eigenvalue weighted by molar-refractivity contribution is 6.00. The van der Waals surface area contributed by atoms with E-state index in [2.05, 4.69) is 16.8 Å². The monoisotopic (exact) mass is 433 g/mol. The Balaban J connectivity index is 1.92. The van der Waals surface area contributed by atoms with Gasteiger partial charge in [0.25, 0.3) is 5.91 Å². The lowest BCUT2D eigenvalue weighted by atomic mass is 9.94. The van der Waals surface area contributed by atoms with Gasteiger partial charge in [0.2, 0.25) is 0 Å².